The van der Waals surface area contributed by atoms with Crippen molar-refractivity contribution in [1.29, 1.82) is 0 Å². The number of rotatable bonds is 2. The third-order valence-electron chi connectivity index (χ3n) is 2.19. The normalized spacial score (nSPS) is 8.05. The van der Waals surface area contributed by atoms with E-state index in [2.05, 4.69) is 6.92 Å². The standard InChI is InChI=1S/C9H12O.C4H11N.2C2H6/c1-6-4-7(2)9(10)8(3)5-6;1-2-3-4-5;2*1-2/h4-5,10H,1-3H3;2-5H2,1H3;2*1-2H3. The molecule has 2 heteroatoms. The van der Waals surface area contributed by atoms with Crippen molar-refractivity contribution in [1.82, 2.24) is 0 Å². The summed E-state index contributed by atoms with van der Waals surface area (Å²) in [5.41, 5.74) is 8.25. The van der Waals surface area contributed by atoms with Gasteiger partial charge in [-0.15, -0.1) is 0 Å². The number of nitrogens with two attached hydrogens (primary N) is 1. The molecule has 0 aliphatic carbocycles. The molecule has 0 saturated heterocycles. The Morgan fingerprint density at radius 2 is 1.32 bits per heavy atom. The average Bonchev–Trinajstić information content (AvgIpc) is 2.42. The molecule has 0 aliphatic rings. The van der Waals surface area contributed by atoms with Crippen molar-refractivity contribution in [2.24, 2.45) is 5.73 Å². The maximum Gasteiger partial charge on any atom is 0.121 e. The van der Waals surface area contributed by atoms with E-state index >= 15 is 0 Å². The number of hydrogen-bond donors (Lipinski definition) is 2. The fraction of sp³-hybridized carbons (Fsp3) is 0.647. The molecular formula is C17H35NO. The number of hydrogen-bond acceptors (Lipinski definition) is 2. The highest BCUT2D eigenvalue weighted by atomic mass is 16.3. The number of phenolic OH excluding ortho intramolecular Hbond substituents is 1. The summed E-state index contributed by atoms with van der Waals surface area (Å²) < 4.78 is 0. The molecule has 0 atom stereocenters. The van der Waals surface area contributed by atoms with E-state index in [1.54, 1.807) is 0 Å². The Balaban J connectivity index is -0.000000242. The first-order valence-corrected chi connectivity index (χ1v) is 7.49. The molecule has 2 nitrogen and oxygen atoms in total. The second kappa shape index (κ2) is 17.0. The quantitative estimate of drug-likeness (QED) is 0.783. The SMILES string of the molecule is CC.CC.CCCCN.Cc1cc(C)c(O)c(C)c1. The van der Waals surface area contributed by atoms with Gasteiger partial charge in [0.05, 0.1) is 0 Å². The third-order valence-corrected chi connectivity index (χ3v) is 2.19. The summed E-state index contributed by atoms with van der Waals surface area (Å²) in [5.74, 6) is 0.422. The second-order valence-corrected chi connectivity index (χ2v) is 3.89. The molecular weight excluding hydrogens is 234 g/mol. The van der Waals surface area contributed by atoms with Crippen molar-refractivity contribution in [2.75, 3.05) is 6.54 Å². The van der Waals surface area contributed by atoms with E-state index in [0.29, 0.717) is 5.75 Å². The monoisotopic (exact) mass is 269 g/mol. The van der Waals surface area contributed by atoms with Crippen molar-refractivity contribution < 1.29 is 5.11 Å². The van der Waals surface area contributed by atoms with E-state index in [1.165, 1.54) is 18.4 Å². The van der Waals surface area contributed by atoms with Gasteiger partial charge in [-0.2, -0.15) is 0 Å². The summed E-state index contributed by atoms with van der Waals surface area (Å²) in [6, 6.07) is 3.95. The van der Waals surface area contributed by atoms with Crippen LogP contribution in [0.5, 0.6) is 5.75 Å². The number of aryl methyl sites for hydroxylation is 3. The van der Waals surface area contributed by atoms with Gasteiger partial charge in [0, 0.05) is 0 Å². The van der Waals surface area contributed by atoms with Crippen molar-refractivity contribution in [3.05, 3.63) is 28.8 Å². The number of benzene rings is 1. The van der Waals surface area contributed by atoms with Crippen LogP contribution in [0.4, 0.5) is 0 Å². The van der Waals surface area contributed by atoms with Crippen molar-refractivity contribution in [3.63, 3.8) is 0 Å². The fourth-order valence-corrected chi connectivity index (χ4v) is 1.38. The Morgan fingerprint density at radius 3 is 1.53 bits per heavy atom. The molecule has 19 heavy (non-hydrogen) atoms. The summed E-state index contributed by atoms with van der Waals surface area (Å²) in [6.07, 6.45) is 2.39. The molecule has 0 spiro atoms. The van der Waals surface area contributed by atoms with Crippen LogP contribution in [0, 0.1) is 20.8 Å². The predicted molar refractivity (Wildman–Crippen MR) is 89.0 cm³/mol. The van der Waals surface area contributed by atoms with E-state index in [0.717, 1.165) is 17.7 Å². The van der Waals surface area contributed by atoms with Crippen LogP contribution in [0.2, 0.25) is 0 Å². The van der Waals surface area contributed by atoms with Crippen molar-refractivity contribution in [3.8, 4) is 5.75 Å². The number of aromatic hydroxyl groups is 1. The van der Waals surface area contributed by atoms with Crippen LogP contribution in [0.3, 0.4) is 0 Å². The number of unbranched alkanes of at least 4 members (excludes halogenated alkanes) is 1. The Labute approximate surface area is 121 Å². The van der Waals surface area contributed by atoms with E-state index in [9.17, 15) is 5.11 Å². The van der Waals surface area contributed by atoms with Gasteiger partial charge >= 0.3 is 0 Å². The third kappa shape index (κ3) is 13.2. The van der Waals surface area contributed by atoms with Gasteiger partial charge < -0.3 is 10.8 Å². The van der Waals surface area contributed by atoms with Crippen LogP contribution < -0.4 is 5.73 Å². The van der Waals surface area contributed by atoms with E-state index in [-0.39, 0.29) is 0 Å². The maximum atomic E-state index is 9.33. The van der Waals surface area contributed by atoms with Crippen LogP contribution in [0.15, 0.2) is 12.1 Å². The van der Waals surface area contributed by atoms with Gasteiger partial charge in [-0.1, -0.05) is 58.7 Å². The molecule has 0 amide bonds. The largest absolute Gasteiger partial charge is 0.507 e. The molecule has 0 aliphatic heterocycles. The van der Waals surface area contributed by atoms with Crippen LogP contribution in [-0.2, 0) is 0 Å². The lowest BCUT2D eigenvalue weighted by atomic mass is 10.1. The molecule has 1 aromatic rings. The molecule has 1 aromatic carbocycles. The summed E-state index contributed by atoms with van der Waals surface area (Å²) in [5, 5.41) is 9.33. The van der Waals surface area contributed by atoms with Gasteiger partial charge in [-0.05, 0) is 44.9 Å². The van der Waals surface area contributed by atoms with Crippen molar-refractivity contribution in [2.45, 2.75) is 68.2 Å². The Morgan fingerprint density at radius 1 is 0.947 bits per heavy atom. The van der Waals surface area contributed by atoms with Crippen LogP contribution in [0.25, 0.3) is 0 Å². The van der Waals surface area contributed by atoms with Gasteiger partial charge in [-0.3, -0.25) is 0 Å². The van der Waals surface area contributed by atoms with Gasteiger partial charge in [0.2, 0.25) is 0 Å². The van der Waals surface area contributed by atoms with E-state index < -0.39 is 0 Å². The van der Waals surface area contributed by atoms with Crippen LogP contribution in [0.1, 0.15) is 64.2 Å². The Bertz CT molecular complexity index is 270. The lowest BCUT2D eigenvalue weighted by Gasteiger charge is -2.03. The van der Waals surface area contributed by atoms with Crippen LogP contribution >= 0.6 is 0 Å². The maximum absolute atomic E-state index is 9.33. The highest BCUT2D eigenvalue weighted by Gasteiger charge is 1.98. The first-order chi connectivity index (χ1) is 9.02. The molecule has 0 unspecified atom stereocenters. The van der Waals surface area contributed by atoms with Crippen molar-refractivity contribution >= 4 is 0 Å². The highest BCUT2D eigenvalue weighted by molar-refractivity contribution is 5.41. The summed E-state index contributed by atoms with van der Waals surface area (Å²) in [6.45, 7) is 16.8. The zero-order chi connectivity index (χ0) is 15.8. The Hall–Kier alpha value is -1.02. The average molecular weight is 269 g/mol. The Kier molecular flexibility index (Phi) is 20.6. The first-order valence-electron chi connectivity index (χ1n) is 7.49. The lowest BCUT2D eigenvalue weighted by Crippen LogP contribution is -1.95. The van der Waals surface area contributed by atoms with Gasteiger partial charge in [-0.25, -0.2) is 0 Å². The molecule has 1 rings (SSSR count). The first kappa shape index (κ1) is 23.1. The zero-order valence-electron chi connectivity index (χ0n) is 14.3. The topological polar surface area (TPSA) is 46.2 Å². The van der Waals surface area contributed by atoms with Gasteiger partial charge in [0.1, 0.15) is 5.75 Å². The molecule has 3 N–H and O–H groups in total. The zero-order valence-corrected chi connectivity index (χ0v) is 14.3. The molecule has 114 valence electrons. The molecule has 0 bridgehead atoms. The summed E-state index contributed by atoms with van der Waals surface area (Å²) in [7, 11) is 0. The molecule has 0 saturated carbocycles. The fourth-order valence-electron chi connectivity index (χ4n) is 1.38. The minimum absolute atomic E-state index is 0.422. The number of phenols is 1. The minimum Gasteiger partial charge on any atom is -0.507 e. The molecule has 0 aromatic heterocycles. The van der Waals surface area contributed by atoms with Gasteiger partial charge in [0.25, 0.3) is 0 Å². The summed E-state index contributed by atoms with van der Waals surface area (Å²) >= 11 is 0. The lowest BCUT2D eigenvalue weighted by molar-refractivity contribution is 0.466. The summed E-state index contributed by atoms with van der Waals surface area (Å²) in [4.78, 5) is 0. The van der Waals surface area contributed by atoms with Crippen LogP contribution in [-0.4, -0.2) is 11.7 Å². The predicted octanol–water partition coefficient (Wildman–Crippen LogP) is 5.12. The van der Waals surface area contributed by atoms with E-state index in [1.807, 2.05) is 60.6 Å². The van der Waals surface area contributed by atoms with Gasteiger partial charge in [0.15, 0.2) is 0 Å². The molecule has 0 fully saturated rings. The minimum atomic E-state index is 0.422. The molecule has 0 heterocycles. The second-order valence-electron chi connectivity index (χ2n) is 3.89. The van der Waals surface area contributed by atoms with E-state index in [4.69, 9.17) is 5.73 Å². The molecule has 0 radical (unpaired) electrons. The smallest absolute Gasteiger partial charge is 0.121 e. The highest BCUT2D eigenvalue weighted by Crippen LogP contribution is 2.21.